The number of carbonyl (C=O) groups excluding carboxylic acids is 2. The Hall–Kier alpha value is -3.39. The van der Waals surface area contributed by atoms with E-state index >= 15 is 0 Å². The number of alkyl carbamates (subject to hydrolysis) is 1. The van der Waals surface area contributed by atoms with E-state index in [1.54, 1.807) is 0 Å². The summed E-state index contributed by atoms with van der Waals surface area (Å²) < 4.78 is 5.57. The summed E-state index contributed by atoms with van der Waals surface area (Å²) in [6, 6.07) is 16.3. The van der Waals surface area contributed by atoms with Crippen LogP contribution in [0.3, 0.4) is 0 Å². The number of aliphatic carboxylic acids is 1. The van der Waals surface area contributed by atoms with Crippen LogP contribution in [-0.2, 0) is 19.2 Å². The van der Waals surface area contributed by atoms with Crippen molar-refractivity contribution in [2.45, 2.75) is 25.2 Å². The van der Waals surface area contributed by atoms with Gasteiger partial charge >= 0.3 is 12.1 Å². The molecule has 4 rings (SSSR count). The molecule has 0 radical (unpaired) electrons. The van der Waals surface area contributed by atoms with Gasteiger partial charge in [-0.25, -0.2) is 14.7 Å². The molecule has 0 saturated heterocycles. The fourth-order valence-corrected chi connectivity index (χ4v) is 4.92. The number of amides is 2. The predicted molar refractivity (Wildman–Crippen MR) is 120 cm³/mol. The Balaban J connectivity index is 1.30. The highest BCUT2D eigenvalue weighted by Gasteiger charge is 2.36. The van der Waals surface area contributed by atoms with E-state index in [9.17, 15) is 14.4 Å². The van der Waals surface area contributed by atoms with Gasteiger partial charge in [0.15, 0.2) is 6.61 Å². The predicted octanol–water partition coefficient (Wildman–Crippen LogP) is 3.42. The Kier molecular flexibility index (Phi) is 6.93. The first-order valence-corrected chi connectivity index (χ1v) is 11.2. The van der Waals surface area contributed by atoms with Gasteiger partial charge in [-0.15, -0.1) is 0 Å². The number of nitrogens with zero attached hydrogens (tertiary/aromatic N) is 1. The van der Waals surface area contributed by atoms with Gasteiger partial charge in [-0.05, 0) is 41.0 Å². The number of hydroxylamine groups is 2. The quantitative estimate of drug-likeness (QED) is 0.595. The van der Waals surface area contributed by atoms with Crippen molar-refractivity contribution in [3.05, 3.63) is 59.7 Å². The lowest BCUT2D eigenvalue weighted by Crippen LogP contribution is -2.39. The number of rotatable bonds is 8. The van der Waals surface area contributed by atoms with E-state index < -0.39 is 18.7 Å². The Morgan fingerprint density at radius 2 is 1.67 bits per heavy atom. The van der Waals surface area contributed by atoms with E-state index in [-0.39, 0.29) is 30.3 Å². The first-order chi connectivity index (χ1) is 16.0. The minimum Gasteiger partial charge on any atom is -0.479 e. The van der Waals surface area contributed by atoms with Gasteiger partial charge in [-0.2, -0.15) is 0 Å². The number of carboxylic acid groups (broad SMARTS) is 1. The molecule has 2 aromatic carbocycles. The van der Waals surface area contributed by atoms with Crippen LogP contribution in [0.4, 0.5) is 4.79 Å². The maximum Gasteiger partial charge on any atom is 0.407 e. The summed E-state index contributed by atoms with van der Waals surface area (Å²) >= 11 is 0. The van der Waals surface area contributed by atoms with Crippen molar-refractivity contribution in [2.75, 3.05) is 26.8 Å². The fraction of sp³-hybridized carbons (Fsp3) is 0.400. The van der Waals surface area contributed by atoms with Crippen LogP contribution < -0.4 is 5.32 Å². The molecule has 2 aromatic rings. The lowest BCUT2D eigenvalue weighted by molar-refractivity contribution is -0.190. The number of benzene rings is 2. The molecule has 0 unspecified atom stereocenters. The molecule has 0 heterocycles. The van der Waals surface area contributed by atoms with Gasteiger partial charge in [-0.3, -0.25) is 9.63 Å². The number of hydrogen-bond acceptors (Lipinski definition) is 5. The van der Waals surface area contributed by atoms with Crippen molar-refractivity contribution in [2.24, 2.45) is 11.8 Å². The zero-order chi connectivity index (χ0) is 23.4. The molecule has 2 N–H and O–H groups in total. The molecule has 33 heavy (non-hydrogen) atoms. The fourth-order valence-electron chi connectivity index (χ4n) is 4.92. The second kappa shape index (κ2) is 10.0. The van der Waals surface area contributed by atoms with Gasteiger partial charge in [-0.1, -0.05) is 55.0 Å². The minimum atomic E-state index is -1.14. The number of ether oxygens (including phenoxy) is 1. The summed E-state index contributed by atoms with van der Waals surface area (Å²) in [5.74, 6) is -1.79. The Bertz CT molecular complexity index is 994. The van der Waals surface area contributed by atoms with E-state index in [1.165, 1.54) is 18.2 Å². The van der Waals surface area contributed by atoms with Crippen LogP contribution in [0.25, 0.3) is 11.1 Å². The number of carbonyl (C=O) groups is 3. The van der Waals surface area contributed by atoms with Gasteiger partial charge in [0.25, 0.3) is 0 Å². The lowest BCUT2D eigenvalue weighted by Gasteiger charge is -2.24. The summed E-state index contributed by atoms with van der Waals surface area (Å²) in [5.41, 5.74) is 4.64. The molecule has 8 heteroatoms. The molecule has 1 fully saturated rings. The maximum atomic E-state index is 12.6. The average Bonchev–Trinajstić information content (AvgIpc) is 3.42. The van der Waals surface area contributed by atoms with E-state index in [4.69, 9.17) is 14.7 Å². The molecular weight excluding hydrogens is 424 g/mol. The lowest BCUT2D eigenvalue weighted by atomic mass is 9.95. The van der Waals surface area contributed by atoms with Crippen molar-refractivity contribution < 1.29 is 29.1 Å². The van der Waals surface area contributed by atoms with Crippen LogP contribution in [0.5, 0.6) is 0 Å². The summed E-state index contributed by atoms with van der Waals surface area (Å²) in [6.07, 6.45) is 1.83. The van der Waals surface area contributed by atoms with Gasteiger partial charge in [0.05, 0.1) is 0 Å². The highest BCUT2D eigenvalue weighted by molar-refractivity contribution is 5.80. The minimum absolute atomic E-state index is 0.0102. The van der Waals surface area contributed by atoms with Crippen LogP contribution in [-0.4, -0.2) is 54.9 Å². The summed E-state index contributed by atoms with van der Waals surface area (Å²) in [7, 11) is 1.42. The molecule has 1 saturated carbocycles. The first kappa shape index (κ1) is 22.8. The molecule has 2 atom stereocenters. The van der Waals surface area contributed by atoms with Crippen molar-refractivity contribution in [1.29, 1.82) is 0 Å². The molecule has 0 bridgehead atoms. The molecule has 174 valence electrons. The number of hydrogen-bond donors (Lipinski definition) is 2. The van der Waals surface area contributed by atoms with Crippen LogP contribution in [0.1, 0.15) is 36.3 Å². The number of fused-ring (bicyclic) bond motifs is 3. The molecule has 2 amide bonds. The van der Waals surface area contributed by atoms with Crippen molar-refractivity contribution in [3.8, 4) is 11.1 Å². The normalized spacial score (nSPS) is 18.9. The Morgan fingerprint density at radius 1 is 1.03 bits per heavy atom. The molecule has 0 aromatic heterocycles. The topological polar surface area (TPSA) is 105 Å². The molecule has 8 nitrogen and oxygen atoms in total. The largest absolute Gasteiger partial charge is 0.479 e. The Labute approximate surface area is 192 Å². The second-order valence-electron chi connectivity index (χ2n) is 8.51. The average molecular weight is 453 g/mol. The standard InChI is InChI=1S/C25H28N2O6/c1-27(33-15-23(28)29)24(30)17-12-6-7-16(17)13-26-25(31)32-14-22-20-10-4-2-8-18(20)19-9-3-5-11-21(19)22/h2-5,8-11,16-17,22H,6-7,12-15H2,1H3,(H,26,31)(H,28,29)/t16-,17-/m0/s1. The van der Waals surface area contributed by atoms with E-state index in [0.717, 1.165) is 29.0 Å². The monoisotopic (exact) mass is 452 g/mol. The van der Waals surface area contributed by atoms with Gasteiger partial charge < -0.3 is 15.2 Å². The molecule has 2 aliphatic carbocycles. The Morgan fingerprint density at radius 3 is 2.30 bits per heavy atom. The van der Waals surface area contributed by atoms with Crippen LogP contribution in [0.15, 0.2) is 48.5 Å². The maximum absolute atomic E-state index is 12.6. The van der Waals surface area contributed by atoms with Gasteiger partial charge in [0, 0.05) is 25.4 Å². The SMILES string of the molecule is CN(OCC(=O)O)C(=O)[C@H]1CCC[C@H]1CNC(=O)OCC1c2ccccc2-c2ccccc21. The number of nitrogens with one attached hydrogen (secondary N) is 1. The highest BCUT2D eigenvalue weighted by atomic mass is 16.7. The third kappa shape index (κ3) is 5.01. The third-order valence-corrected chi connectivity index (χ3v) is 6.52. The molecule has 0 spiro atoms. The highest BCUT2D eigenvalue weighted by Crippen LogP contribution is 2.44. The van der Waals surface area contributed by atoms with E-state index in [2.05, 4.69) is 29.6 Å². The van der Waals surface area contributed by atoms with Crippen LogP contribution in [0, 0.1) is 11.8 Å². The van der Waals surface area contributed by atoms with Crippen molar-refractivity contribution in [3.63, 3.8) is 0 Å². The van der Waals surface area contributed by atoms with Crippen LogP contribution in [0.2, 0.25) is 0 Å². The van der Waals surface area contributed by atoms with E-state index in [0.29, 0.717) is 13.0 Å². The van der Waals surface area contributed by atoms with Gasteiger partial charge in [0.2, 0.25) is 5.91 Å². The molecular formula is C25H28N2O6. The smallest absolute Gasteiger partial charge is 0.407 e. The van der Waals surface area contributed by atoms with Gasteiger partial charge in [0.1, 0.15) is 6.61 Å². The molecule has 0 aliphatic heterocycles. The summed E-state index contributed by atoms with van der Waals surface area (Å²) in [5, 5.41) is 12.5. The van der Waals surface area contributed by atoms with Crippen LogP contribution >= 0.6 is 0 Å². The van der Waals surface area contributed by atoms with E-state index in [1.807, 2.05) is 24.3 Å². The third-order valence-electron chi connectivity index (χ3n) is 6.52. The number of carboxylic acids is 1. The summed E-state index contributed by atoms with van der Waals surface area (Å²) in [4.78, 5) is 40.7. The second-order valence-corrected chi connectivity index (χ2v) is 8.51. The first-order valence-electron chi connectivity index (χ1n) is 11.2. The summed E-state index contributed by atoms with van der Waals surface area (Å²) in [6.45, 7) is -0.0177. The zero-order valence-electron chi connectivity index (χ0n) is 18.5. The van der Waals surface area contributed by atoms with Crippen molar-refractivity contribution >= 4 is 18.0 Å². The zero-order valence-corrected chi connectivity index (χ0v) is 18.5. The van der Waals surface area contributed by atoms with Crippen molar-refractivity contribution in [1.82, 2.24) is 10.4 Å². The molecule has 2 aliphatic rings.